The van der Waals surface area contributed by atoms with Crippen LogP contribution in [0.4, 0.5) is 13.2 Å². The SMILES string of the molecule is Cc1cccc2c1[nH]c(=S)n2CCOCC(F)(F)F. The van der Waals surface area contributed by atoms with Gasteiger partial charge in [0.15, 0.2) is 4.77 Å². The number of alkyl halides is 3. The molecule has 0 radical (unpaired) electrons. The molecule has 0 amide bonds. The molecule has 0 fully saturated rings. The van der Waals surface area contributed by atoms with Crippen LogP contribution in [0.3, 0.4) is 0 Å². The minimum Gasteiger partial charge on any atom is -0.370 e. The largest absolute Gasteiger partial charge is 0.411 e. The highest BCUT2D eigenvalue weighted by Gasteiger charge is 2.27. The van der Waals surface area contributed by atoms with Gasteiger partial charge in [0, 0.05) is 6.54 Å². The first-order chi connectivity index (χ1) is 8.88. The van der Waals surface area contributed by atoms with Gasteiger partial charge in [-0.25, -0.2) is 0 Å². The van der Waals surface area contributed by atoms with Crippen molar-refractivity contribution in [3.05, 3.63) is 28.5 Å². The molecule has 0 atom stereocenters. The average Bonchev–Trinajstić information content (AvgIpc) is 2.62. The van der Waals surface area contributed by atoms with E-state index in [1.807, 2.05) is 25.1 Å². The molecule has 19 heavy (non-hydrogen) atoms. The first-order valence-corrected chi connectivity index (χ1v) is 6.12. The number of hydrogen-bond acceptors (Lipinski definition) is 2. The van der Waals surface area contributed by atoms with Crippen molar-refractivity contribution in [1.29, 1.82) is 0 Å². The first-order valence-electron chi connectivity index (χ1n) is 5.71. The molecule has 0 unspecified atom stereocenters. The minimum atomic E-state index is -4.29. The topological polar surface area (TPSA) is 29.9 Å². The van der Waals surface area contributed by atoms with E-state index < -0.39 is 12.8 Å². The summed E-state index contributed by atoms with van der Waals surface area (Å²) in [6, 6.07) is 5.70. The normalized spacial score (nSPS) is 12.2. The van der Waals surface area contributed by atoms with E-state index in [0.717, 1.165) is 16.6 Å². The smallest absolute Gasteiger partial charge is 0.370 e. The van der Waals surface area contributed by atoms with Gasteiger partial charge in [-0.1, -0.05) is 12.1 Å². The Kier molecular flexibility index (Phi) is 3.96. The van der Waals surface area contributed by atoms with E-state index in [4.69, 9.17) is 12.2 Å². The lowest BCUT2D eigenvalue weighted by molar-refractivity contribution is -0.174. The highest BCUT2D eigenvalue weighted by Crippen LogP contribution is 2.18. The molecule has 104 valence electrons. The quantitative estimate of drug-likeness (QED) is 0.689. The van der Waals surface area contributed by atoms with Crippen molar-refractivity contribution < 1.29 is 17.9 Å². The minimum absolute atomic E-state index is 0.0330. The van der Waals surface area contributed by atoms with Gasteiger partial charge in [0.25, 0.3) is 0 Å². The van der Waals surface area contributed by atoms with Crippen molar-refractivity contribution >= 4 is 23.3 Å². The zero-order chi connectivity index (χ0) is 14.0. The number of H-pyrrole nitrogens is 1. The number of aromatic amines is 1. The predicted molar refractivity (Wildman–Crippen MR) is 68.7 cm³/mol. The molecule has 1 aromatic carbocycles. The summed E-state index contributed by atoms with van der Waals surface area (Å²) in [5.74, 6) is 0. The number of hydrogen-bond donors (Lipinski definition) is 1. The zero-order valence-corrected chi connectivity index (χ0v) is 11.1. The molecule has 0 bridgehead atoms. The van der Waals surface area contributed by atoms with Gasteiger partial charge in [-0.3, -0.25) is 0 Å². The number of nitrogens with zero attached hydrogens (tertiary/aromatic N) is 1. The molecule has 0 spiro atoms. The number of rotatable bonds is 4. The number of aromatic nitrogens is 2. The summed E-state index contributed by atoms with van der Waals surface area (Å²) in [5.41, 5.74) is 2.82. The second kappa shape index (κ2) is 5.34. The summed E-state index contributed by atoms with van der Waals surface area (Å²) in [6.07, 6.45) is -4.29. The second-order valence-electron chi connectivity index (χ2n) is 4.22. The molecule has 2 rings (SSSR count). The number of imidazole rings is 1. The van der Waals surface area contributed by atoms with Crippen LogP contribution in [0.25, 0.3) is 11.0 Å². The standard InChI is InChI=1S/C12H13F3N2OS/c1-8-3-2-4-9-10(8)16-11(19)17(9)5-6-18-7-12(13,14)15/h2-4H,5-7H2,1H3,(H,16,19). The van der Waals surface area contributed by atoms with Crippen molar-refractivity contribution in [2.24, 2.45) is 0 Å². The molecule has 3 nitrogen and oxygen atoms in total. The van der Waals surface area contributed by atoms with Gasteiger partial charge in [-0.05, 0) is 30.8 Å². The summed E-state index contributed by atoms with van der Waals surface area (Å²) in [5, 5.41) is 0. The van der Waals surface area contributed by atoms with Crippen molar-refractivity contribution in [3.8, 4) is 0 Å². The molecule has 0 saturated carbocycles. The molecule has 0 aliphatic heterocycles. The van der Waals surface area contributed by atoms with Gasteiger partial charge in [-0.15, -0.1) is 0 Å². The summed E-state index contributed by atoms with van der Waals surface area (Å²) in [4.78, 5) is 3.05. The number of aryl methyl sites for hydroxylation is 1. The van der Waals surface area contributed by atoms with E-state index in [1.54, 1.807) is 4.57 Å². The maximum Gasteiger partial charge on any atom is 0.411 e. The molecule has 1 aromatic heterocycles. The fraction of sp³-hybridized carbons (Fsp3) is 0.417. The Balaban J connectivity index is 2.11. The van der Waals surface area contributed by atoms with E-state index >= 15 is 0 Å². The molecule has 1 N–H and O–H groups in total. The molecule has 1 heterocycles. The van der Waals surface area contributed by atoms with Gasteiger partial charge < -0.3 is 14.3 Å². The van der Waals surface area contributed by atoms with Gasteiger partial charge in [-0.2, -0.15) is 13.2 Å². The van der Waals surface area contributed by atoms with Crippen LogP contribution in [0.2, 0.25) is 0 Å². The van der Waals surface area contributed by atoms with E-state index in [-0.39, 0.29) is 6.61 Å². The number of halogens is 3. The average molecular weight is 290 g/mol. The van der Waals surface area contributed by atoms with E-state index in [1.165, 1.54) is 0 Å². The van der Waals surface area contributed by atoms with E-state index in [9.17, 15) is 13.2 Å². The Morgan fingerprint density at radius 1 is 1.37 bits per heavy atom. The van der Waals surface area contributed by atoms with Crippen LogP contribution in [0.5, 0.6) is 0 Å². The maximum atomic E-state index is 11.9. The van der Waals surface area contributed by atoms with E-state index in [2.05, 4.69) is 9.72 Å². The van der Waals surface area contributed by atoms with Crippen molar-refractivity contribution in [3.63, 3.8) is 0 Å². The number of benzene rings is 1. The highest BCUT2D eigenvalue weighted by molar-refractivity contribution is 7.71. The first kappa shape index (κ1) is 14.1. The van der Waals surface area contributed by atoms with Crippen LogP contribution < -0.4 is 0 Å². The third kappa shape index (κ3) is 3.36. The summed E-state index contributed by atoms with van der Waals surface area (Å²) >= 11 is 5.17. The maximum absolute atomic E-state index is 11.9. The Hall–Kier alpha value is -1.34. The van der Waals surface area contributed by atoms with Crippen LogP contribution in [-0.2, 0) is 11.3 Å². The molecular weight excluding hydrogens is 277 g/mol. The lowest BCUT2D eigenvalue weighted by Gasteiger charge is -2.08. The Bertz CT molecular complexity index is 630. The number of para-hydroxylation sites is 1. The van der Waals surface area contributed by atoms with Gasteiger partial charge in [0.2, 0.25) is 0 Å². The Morgan fingerprint density at radius 2 is 2.11 bits per heavy atom. The summed E-state index contributed by atoms with van der Waals surface area (Å²) in [7, 11) is 0. The fourth-order valence-electron chi connectivity index (χ4n) is 1.89. The fourth-order valence-corrected chi connectivity index (χ4v) is 2.18. The highest BCUT2D eigenvalue weighted by atomic mass is 32.1. The van der Waals surface area contributed by atoms with Crippen molar-refractivity contribution in [2.75, 3.05) is 13.2 Å². The predicted octanol–water partition coefficient (Wildman–Crippen LogP) is 3.59. The third-order valence-corrected chi connectivity index (χ3v) is 3.07. The van der Waals surface area contributed by atoms with Gasteiger partial charge in [0.1, 0.15) is 6.61 Å². The van der Waals surface area contributed by atoms with Crippen LogP contribution in [0.1, 0.15) is 5.56 Å². The number of fused-ring (bicyclic) bond motifs is 1. The third-order valence-electron chi connectivity index (χ3n) is 2.74. The van der Waals surface area contributed by atoms with Crippen molar-refractivity contribution in [2.45, 2.75) is 19.6 Å². The Labute approximate surface area is 113 Å². The lowest BCUT2D eigenvalue weighted by Crippen LogP contribution is -2.19. The molecule has 0 aliphatic carbocycles. The molecule has 0 aliphatic rings. The molecular formula is C12H13F3N2OS. The van der Waals surface area contributed by atoms with Crippen molar-refractivity contribution in [1.82, 2.24) is 9.55 Å². The van der Waals surface area contributed by atoms with Gasteiger partial charge in [0.05, 0.1) is 17.6 Å². The molecule has 7 heteroatoms. The van der Waals surface area contributed by atoms with Gasteiger partial charge >= 0.3 is 6.18 Å². The lowest BCUT2D eigenvalue weighted by atomic mass is 10.2. The van der Waals surface area contributed by atoms with Crippen LogP contribution in [-0.4, -0.2) is 28.9 Å². The Morgan fingerprint density at radius 3 is 2.79 bits per heavy atom. The molecule has 2 aromatic rings. The monoisotopic (exact) mass is 290 g/mol. The number of ether oxygens (including phenoxy) is 1. The number of nitrogens with one attached hydrogen (secondary N) is 1. The summed E-state index contributed by atoms with van der Waals surface area (Å²) in [6.45, 7) is 0.965. The summed E-state index contributed by atoms with van der Waals surface area (Å²) < 4.78 is 42.7. The zero-order valence-electron chi connectivity index (χ0n) is 10.3. The second-order valence-corrected chi connectivity index (χ2v) is 4.61. The van der Waals surface area contributed by atoms with Crippen LogP contribution in [0.15, 0.2) is 18.2 Å². The van der Waals surface area contributed by atoms with E-state index in [0.29, 0.717) is 11.3 Å². The molecule has 0 saturated heterocycles. The van der Waals surface area contributed by atoms with Crippen LogP contribution in [0, 0.1) is 11.7 Å². The van der Waals surface area contributed by atoms with Crippen LogP contribution >= 0.6 is 12.2 Å².